The Morgan fingerprint density at radius 3 is 2.44 bits per heavy atom. The molecule has 0 amide bonds. The van der Waals surface area contributed by atoms with Crippen molar-refractivity contribution >= 4 is 11.8 Å². The van der Waals surface area contributed by atoms with Crippen molar-refractivity contribution in [3.8, 4) is 11.6 Å². The molecule has 0 N–H and O–H groups in total. The number of hydrogen-bond acceptors (Lipinski definition) is 3. The third-order valence-electron chi connectivity index (χ3n) is 2.82. The van der Waals surface area contributed by atoms with Gasteiger partial charge in [0.1, 0.15) is 5.69 Å². The summed E-state index contributed by atoms with van der Waals surface area (Å²) in [5.74, 6) is -0.239. The SMILES string of the molecule is CSc1n(-c2ccccc2)c(=O)c(C)c([O-])[n+]1C. The summed E-state index contributed by atoms with van der Waals surface area (Å²) in [5.41, 5.74) is 0.748. The van der Waals surface area contributed by atoms with Crippen molar-refractivity contribution in [2.75, 3.05) is 6.26 Å². The lowest BCUT2D eigenvalue weighted by Gasteiger charge is -2.15. The molecule has 5 heteroatoms. The first-order valence-electron chi connectivity index (χ1n) is 5.50. The summed E-state index contributed by atoms with van der Waals surface area (Å²) in [6.07, 6.45) is 1.85. The van der Waals surface area contributed by atoms with Crippen molar-refractivity contribution in [3.63, 3.8) is 0 Å². The molecule has 1 aromatic heterocycles. The second kappa shape index (κ2) is 4.86. The molecule has 2 rings (SSSR count). The molecule has 0 radical (unpaired) electrons. The van der Waals surface area contributed by atoms with Crippen LogP contribution >= 0.6 is 11.8 Å². The molecule has 0 fully saturated rings. The zero-order valence-electron chi connectivity index (χ0n) is 10.5. The van der Waals surface area contributed by atoms with Crippen molar-refractivity contribution in [1.82, 2.24) is 4.57 Å². The molecule has 0 saturated heterocycles. The van der Waals surface area contributed by atoms with E-state index in [1.54, 1.807) is 18.5 Å². The number of benzene rings is 1. The van der Waals surface area contributed by atoms with Crippen molar-refractivity contribution in [2.24, 2.45) is 7.05 Å². The van der Waals surface area contributed by atoms with Crippen LogP contribution in [0.5, 0.6) is 5.88 Å². The van der Waals surface area contributed by atoms with Gasteiger partial charge in [-0.05, 0) is 37.1 Å². The van der Waals surface area contributed by atoms with Crippen LogP contribution in [0.2, 0.25) is 0 Å². The maximum Gasteiger partial charge on any atom is 0.345 e. The summed E-state index contributed by atoms with van der Waals surface area (Å²) in [6.45, 7) is 1.56. The predicted molar refractivity (Wildman–Crippen MR) is 69.2 cm³/mol. The molecule has 0 aliphatic carbocycles. The monoisotopic (exact) mass is 262 g/mol. The predicted octanol–water partition coefficient (Wildman–Crippen LogP) is 0.766. The number of thioether (sulfide) groups is 1. The fourth-order valence-corrected chi connectivity index (χ4v) is 2.60. The van der Waals surface area contributed by atoms with Gasteiger partial charge in [-0.15, -0.1) is 0 Å². The molecule has 1 heterocycles. The number of aromatic nitrogens is 2. The third kappa shape index (κ3) is 1.90. The molecule has 0 saturated carbocycles. The van der Waals surface area contributed by atoms with Gasteiger partial charge < -0.3 is 5.11 Å². The lowest BCUT2D eigenvalue weighted by molar-refractivity contribution is -0.752. The van der Waals surface area contributed by atoms with Crippen molar-refractivity contribution < 1.29 is 9.67 Å². The van der Waals surface area contributed by atoms with E-state index < -0.39 is 0 Å². The van der Waals surface area contributed by atoms with Crippen molar-refractivity contribution in [1.29, 1.82) is 0 Å². The fourth-order valence-electron chi connectivity index (χ4n) is 1.87. The quantitative estimate of drug-likeness (QED) is 0.456. The Labute approximate surface area is 110 Å². The average molecular weight is 262 g/mol. The average Bonchev–Trinajstić information content (AvgIpc) is 2.41. The highest BCUT2D eigenvalue weighted by atomic mass is 32.2. The highest BCUT2D eigenvalue weighted by Gasteiger charge is 2.21. The van der Waals surface area contributed by atoms with E-state index in [9.17, 15) is 9.90 Å². The van der Waals surface area contributed by atoms with Crippen LogP contribution in [0.15, 0.2) is 40.3 Å². The Hall–Kier alpha value is -1.75. The number of hydrogen-bond donors (Lipinski definition) is 0. The van der Waals surface area contributed by atoms with E-state index >= 15 is 0 Å². The maximum absolute atomic E-state index is 12.3. The Kier molecular flexibility index (Phi) is 3.43. The Bertz CT molecular complexity index is 636. The smallest absolute Gasteiger partial charge is 0.345 e. The highest BCUT2D eigenvalue weighted by Crippen LogP contribution is 2.16. The van der Waals surface area contributed by atoms with Crippen LogP contribution in [-0.4, -0.2) is 10.8 Å². The van der Waals surface area contributed by atoms with Gasteiger partial charge in [0.05, 0.1) is 18.5 Å². The fraction of sp³-hybridized carbons (Fsp3) is 0.231. The zero-order chi connectivity index (χ0) is 13.3. The van der Waals surface area contributed by atoms with Crippen LogP contribution in [0, 0.1) is 6.92 Å². The molecule has 94 valence electrons. The van der Waals surface area contributed by atoms with Gasteiger partial charge in [-0.3, -0.25) is 0 Å². The van der Waals surface area contributed by atoms with E-state index in [0.29, 0.717) is 5.16 Å². The van der Waals surface area contributed by atoms with Crippen molar-refractivity contribution in [3.05, 3.63) is 46.2 Å². The number of nitrogens with zero attached hydrogens (tertiary/aromatic N) is 2. The van der Waals surface area contributed by atoms with Crippen LogP contribution < -0.4 is 15.2 Å². The Balaban J connectivity index is 2.87. The van der Waals surface area contributed by atoms with E-state index in [-0.39, 0.29) is 17.0 Å². The first kappa shape index (κ1) is 12.7. The molecule has 1 aromatic carbocycles. The van der Waals surface area contributed by atoms with Crippen LogP contribution in [-0.2, 0) is 7.05 Å². The zero-order valence-corrected chi connectivity index (χ0v) is 11.3. The summed E-state index contributed by atoms with van der Waals surface area (Å²) in [5, 5.41) is 12.5. The van der Waals surface area contributed by atoms with Gasteiger partial charge in [0.2, 0.25) is 0 Å². The van der Waals surface area contributed by atoms with Crippen molar-refractivity contribution in [2.45, 2.75) is 12.1 Å². The standard InChI is InChI=1S/C13H14N2O2S/c1-9-11(16)14(2)13(18-3)15(12(9)17)10-7-5-4-6-8-10/h4-8H,1-3H3. The molecule has 0 spiro atoms. The maximum atomic E-state index is 12.3. The molecule has 4 nitrogen and oxygen atoms in total. The molecule has 0 bridgehead atoms. The van der Waals surface area contributed by atoms with E-state index in [1.165, 1.54) is 16.3 Å². The van der Waals surface area contributed by atoms with Crippen LogP contribution in [0.25, 0.3) is 5.69 Å². The minimum absolute atomic E-state index is 0.235. The van der Waals surface area contributed by atoms with Gasteiger partial charge in [0, 0.05) is 0 Å². The molecule has 0 aliphatic heterocycles. The summed E-state index contributed by atoms with van der Waals surface area (Å²) in [4.78, 5) is 12.3. The normalized spacial score (nSPS) is 10.6. The third-order valence-corrected chi connectivity index (χ3v) is 3.65. The lowest BCUT2D eigenvalue weighted by Crippen LogP contribution is -2.44. The van der Waals surface area contributed by atoms with Gasteiger partial charge in [0.25, 0.3) is 0 Å². The minimum Gasteiger partial charge on any atom is -0.842 e. The van der Waals surface area contributed by atoms with E-state index in [2.05, 4.69) is 0 Å². The van der Waals surface area contributed by atoms with E-state index in [0.717, 1.165) is 5.69 Å². The highest BCUT2D eigenvalue weighted by molar-refractivity contribution is 7.98. The molecule has 2 aromatic rings. The minimum atomic E-state index is -0.256. The number of para-hydroxylation sites is 1. The molecule has 18 heavy (non-hydrogen) atoms. The molecule has 0 unspecified atom stereocenters. The van der Waals surface area contributed by atoms with E-state index in [4.69, 9.17) is 0 Å². The number of rotatable bonds is 2. The molecule has 0 aliphatic rings. The Morgan fingerprint density at radius 1 is 1.28 bits per heavy atom. The summed E-state index contributed by atoms with van der Waals surface area (Å²) in [7, 11) is 1.68. The lowest BCUT2D eigenvalue weighted by atomic mass is 10.3. The van der Waals surface area contributed by atoms with Gasteiger partial charge in [-0.25, -0.2) is 9.36 Å². The van der Waals surface area contributed by atoms with E-state index in [1.807, 2.05) is 36.6 Å². The Morgan fingerprint density at radius 2 is 1.89 bits per heavy atom. The second-order valence-corrected chi connectivity index (χ2v) is 4.73. The second-order valence-electron chi connectivity index (χ2n) is 3.95. The molecular weight excluding hydrogens is 248 g/mol. The molecule has 0 atom stereocenters. The molecular formula is C13H14N2O2S. The largest absolute Gasteiger partial charge is 0.842 e. The summed E-state index contributed by atoms with van der Waals surface area (Å²) >= 11 is 1.38. The first-order valence-corrected chi connectivity index (χ1v) is 6.72. The van der Waals surface area contributed by atoms with Crippen LogP contribution in [0.3, 0.4) is 0 Å². The first-order chi connectivity index (χ1) is 8.57. The summed E-state index contributed by atoms with van der Waals surface area (Å²) < 4.78 is 3.08. The van der Waals surface area contributed by atoms with Gasteiger partial charge in [-0.1, -0.05) is 18.2 Å². The summed E-state index contributed by atoms with van der Waals surface area (Å²) in [6, 6.07) is 9.33. The van der Waals surface area contributed by atoms with Crippen LogP contribution in [0.4, 0.5) is 0 Å². The topological polar surface area (TPSA) is 48.9 Å². The van der Waals surface area contributed by atoms with Crippen LogP contribution in [0.1, 0.15) is 5.56 Å². The van der Waals surface area contributed by atoms with Gasteiger partial charge in [0.15, 0.2) is 0 Å². The van der Waals surface area contributed by atoms with Gasteiger partial charge in [-0.2, -0.15) is 4.57 Å². The van der Waals surface area contributed by atoms with Gasteiger partial charge >= 0.3 is 10.7 Å².